The van der Waals surface area contributed by atoms with Gasteiger partial charge in [0.2, 0.25) is 5.91 Å². The minimum atomic E-state index is -0.240. The van der Waals surface area contributed by atoms with Crippen molar-refractivity contribution in [2.24, 2.45) is 5.92 Å². The van der Waals surface area contributed by atoms with Gasteiger partial charge in [0.15, 0.2) is 5.82 Å². The van der Waals surface area contributed by atoms with Crippen molar-refractivity contribution in [3.63, 3.8) is 0 Å². The Kier molecular flexibility index (Phi) is 5.13. The summed E-state index contributed by atoms with van der Waals surface area (Å²) in [7, 11) is 1.58. The summed E-state index contributed by atoms with van der Waals surface area (Å²) < 4.78 is 0. The maximum absolute atomic E-state index is 12.5. The summed E-state index contributed by atoms with van der Waals surface area (Å²) in [4.78, 5) is 46.6. The van der Waals surface area contributed by atoms with Crippen LogP contribution in [0.3, 0.4) is 0 Å². The molecule has 2 fully saturated rings. The van der Waals surface area contributed by atoms with Gasteiger partial charge in [-0.1, -0.05) is 18.2 Å². The number of pyridine rings is 1. The first-order chi connectivity index (χ1) is 15.5. The highest BCUT2D eigenvalue weighted by atomic mass is 16.2. The quantitative estimate of drug-likeness (QED) is 0.575. The van der Waals surface area contributed by atoms with Gasteiger partial charge in [-0.2, -0.15) is 0 Å². The first-order valence-corrected chi connectivity index (χ1v) is 11.0. The molecule has 32 heavy (non-hydrogen) atoms. The molecule has 0 unspecified atom stereocenters. The number of amides is 2. The molecular formula is C24H25N5O3. The molecule has 2 amide bonds. The zero-order valence-corrected chi connectivity index (χ0v) is 17.9. The predicted molar refractivity (Wildman–Crippen MR) is 123 cm³/mol. The van der Waals surface area contributed by atoms with Gasteiger partial charge >= 0.3 is 0 Å². The molecule has 5 rings (SSSR count). The van der Waals surface area contributed by atoms with E-state index in [4.69, 9.17) is 0 Å². The summed E-state index contributed by atoms with van der Waals surface area (Å²) in [6.45, 7) is 1.37. The number of benzene rings is 1. The van der Waals surface area contributed by atoms with Crippen LogP contribution < -0.4 is 15.5 Å². The van der Waals surface area contributed by atoms with Crippen molar-refractivity contribution in [3.8, 4) is 11.3 Å². The van der Waals surface area contributed by atoms with E-state index in [0.717, 1.165) is 29.8 Å². The molecule has 1 saturated heterocycles. The summed E-state index contributed by atoms with van der Waals surface area (Å²) in [5.41, 5.74) is 3.90. The number of para-hydroxylation sites is 1. The number of hydrogen-bond donors (Lipinski definition) is 3. The van der Waals surface area contributed by atoms with Crippen LogP contribution >= 0.6 is 0 Å². The highest BCUT2D eigenvalue weighted by Crippen LogP contribution is 2.36. The van der Waals surface area contributed by atoms with Gasteiger partial charge in [0.25, 0.3) is 5.91 Å². The molecular weight excluding hydrogens is 406 g/mol. The first kappa shape index (κ1) is 20.2. The fourth-order valence-electron chi connectivity index (χ4n) is 4.21. The number of fused-ring (bicyclic) bond motifs is 1. The Hall–Kier alpha value is -3.68. The summed E-state index contributed by atoms with van der Waals surface area (Å²) >= 11 is 0. The topological polar surface area (TPSA) is 107 Å². The lowest BCUT2D eigenvalue weighted by atomic mass is 10.0. The lowest BCUT2D eigenvalue weighted by molar-refractivity contribution is -0.119. The van der Waals surface area contributed by atoms with Gasteiger partial charge < -0.3 is 20.5 Å². The fourth-order valence-corrected chi connectivity index (χ4v) is 4.21. The largest absolute Gasteiger partial charge is 0.370 e. The number of ketones is 1. The average Bonchev–Trinajstić information content (AvgIpc) is 3.58. The average molecular weight is 431 g/mol. The van der Waals surface area contributed by atoms with Gasteiger partial charge in [-0.3, -0.25) is 14.4 Å². The summed E-state index contributed by atoms with van der Waals surface area (Å²) in [5.74, 6) is 0.484. The van der Waals surface area contributed by atoms with Crippen LogP contribution in [0, 0.1) is 5.92 Å². The Morgan fingerprint density at radius 2 is 1.91 bits per heavy atom. The highest BCUT2D eigenvalue weighted by Gasteiger charge is 2.30. The molecule has 3 heterocycles. The number of aromatic amines is 1. The Bertz CT molecular complexity index is 1220. The van der Waals surface area contributed by atoms with Crippen LogP contribution in [0.4, 0.5) is 11.5 Å². The highest BCUT2D eigenvalue weighted by molar-refractivity contribution is 6.11. The molecule has 0 atom stereocenters. The van der Waals surface area contributed by atoms with E-state index < -0.39 is 0 Å². The maximum Gasteiger partial charge on any atom is 0.253 e. The number of Topliss-reactive ketones (excluding diaryl/α,β-unsaturated/α-hetero) is 1. The van der Waals surface area contributed by atoms with Crippen molar-refractivity contribution in [3.05, 3.63) is 42.1 Å². The summed E-state index contributed by atoms with van der Waals surface area (Å²) in [5, 5.41) is 6.27. The Balaban J connectivity index is 1.60. The molecule has 1 aliphatic carbocycles. The van der Waals surface area contributed by atoms with Crippen molar-refractivity contribution in [2.75, 3.05) is 30.4 Å². The third-order valence-electron chi connectivity index (χ3n) is 6.18. The van der Waals surface area contributed by atoms with Crippen LogP contribution in [0.2, 0.25) is 0 Å². The van der Waals surface area contributed by atoms with Crippen molar-refractivity contribution < 1.29 is 14.4 Å². The van der Waals surface area contributed by atoms with Crippen molar-refractivity contribution in [1.29, 1.82) is 0 Å². The van der Waals surface area contributed by atoms with E-state index in [0.29, 0.717) is 54.0 Å². The fraction of sp³-hybridized carbons (Fsp3) is 0.333. The van der Waals surface area contributed by atoms with E-state index in [9.17, 15) is 14.4 Å². The SMILES string of the molecule is CNC(=O)c1cnc(NC(=O)C2CC2)c2[nH]c(-c3ccccc3N3CCC(=O)CC3)cc12. The Morgan fingerprint density at radius 3 is 2.62 bits per heavy atom. The third-order valence-corrected chi connectivity index (χ3v) is 6.18. The van der Waals surface area contributed by atoms with Crippen molar-refractivity contribution >= 4 is 40.0 Å². The molecule has 1 aliphatic heterocycles. The van der Waals surface area contributed by atoms with Crippen LogP contribution in [-0.2, 0) is 9.59 Å². The molecule has 2 aromatic heterocycles. The second-order valence-electron chi connectivity index (χ2n) is 8.38. The molecule has 1 aromatic carbocycles. The molecule has 0 radical (unpaired) electrons. The van der Waals surface area contributed by atoms with E-state index in [1.807, 2.05) is 30.3 Å². The number of aromatic nitrogens is 2. The first-order valence-electron chi connectivity index (χ1n) is 11.0. The van der Waals surface area contributed by atoms with Gasteiger partial charge in [0.1, 0.15) is 5.78 Å². The standard InChI is InChI=1S/C24H25N5O3/c1-25-24(32)18-13-26-22(28-23(31)14-6-7-14)21-17(18)12-19(27-21)16-4-2-3-5-20(16)29-10-8-15(30)9-11-29/h2-5,12-14,27H,6-11H2,1H3,(H,25,32)(H,26,28,31). The molecule has 164 valence electrons. The lowest BCUT2D eigenvalue weighted by Gasteiger charge is -2.29. The normalized spacial score (nSPS) is 16.3. The van der Waals surface area contributed by atoms with Crippen molar-refractivity contribution in [2.45, 2.75) is 25.7 Å². The minimum Gasteiger partial charge on any atom is -0.370 e. The molecule has 8 heteroatoms. The number of hydrogen-bond acceptors (Lipinski definition) is 5. The van der Waals surface area contributed by atoms with Crippen LogP contribution in [0.25, 0.3) is 22.2 Å². The van der Waals surface area contributed by atoms with Crippen LogP contribution in [0.15, 0.2) is 36.5 Å². The summed E-state index contributed by atoms with van der Waals surface area (Å²) in [6.07, 6.45) is 4.38. The smallest absolute Gasteiger partial charge is 0.253 e. The number of carbonyl (C=O) groups is 3. The molecule has 1 saturated carbocycles. The number of carbonyl (C=O) groups excluding carboxylic acids is 3. The third kappa shape index (κ3) is 3.72. The number of piperidine rings is 1. The number of H-pyrrole nitrogens is 1. The lowest BCUT2D eigenvalue weighted by Crippen LogP contribution is -2.34. The zero-order chi connectivity index (χ0) is 22.2. The molecule has 0 spiro atoms. The van der Waals surface area contributed by atoms with Crippen molar-refractivity contribution in [1.82, 2.24) is 15.3 Å². The number of rotatable bonds is 5. The maximum atomic E-state index is 12.5. The van der Waals surface area contributed by atoms with Crippen LogP contribution in [-0.4, -0.2) is 47.7 Å². The molecule has 0 bridgehead atoms. The molecule has 3 aromatic rings. The minimum absolute atomic E-state index is 0.0407. The number of anilines is 2. The molecule has 3 N–H and O–H groups in total. The van der Waals surface area contributed by atoms with E-state index in [-0.39, 0.29) is 17.7 Å². The Labute approximate surface area is 185 Å². The number of nitrogens with one attached hydrogen (secondary N) is 3. The molecule has 8 nitrogen and oxygen atoms in total. The van der Waals surface area contributed by atoms with E-state index in [2.05, 4.69) is 25.5 Å². The second-order valence-corrected chi connectivity index (χ2v) is 8.38. The van der Waals surface area contributed by atoms with Gasteiger partial charge in [0.05, 0.1) is 11.1 Å². The Morgan fingerprint density at radius 1 is 1.16 bits per heavy atom. The summed E-state index contributed by atoms with van der Waals surface area (Å²) in [6, 6.07) is 9.95. The van der Waals surface area contributed by atoms with Crippen LogP contribution in [0.5, 0.6) is 0 Å². The van der Waals surface area contributed by atoms with E-state index in [1.165, 1.54) is 6.20 Å². The van der Waals surface area contributed by atoms with Gasteiger partial charge in [0, 0.05) is 67.4 Å². The van der Waals surface area contributed by atoms with E-state index >= 15 is 0 Å². The van der Waals surface area contributed by atoms with Gasteiger partial charge in [-0.15, -0.1) is 0 Å². The van der Waals surface area contributed by atoms with E-state index in [1.54, 1.807) is 7.05 Å². The van der Waals surface area contributed by atoms with Crippen LogP contribution in [0.1, 0.15) is 36.0 Å². The predicted octanol–water partition coefficient (Wildman–Crippen LogP) is 3.11. The molecule has 2 aliphatic rings. The van der Waals surface area contributed by atoms with Gasteiger partial charge in [-0.05, 0) is 25.0 Å². The second kappa shape index (κ2) is 8.11. The number of nitrogens with zero attached hydrogens (tertiary/aromatic N) is 2. The monoisotopic (exact) mass is 431 g/mol. The van der Waals surface area contributed by atoms with Gasteiger partial charge in [-0.25, -0.2) is 4.98 Å². The zero-order valence-electron chi connectivity index (χ0n) is 17.9.